The molecule has 0 atom stereocenters. The topological polar surface area (TPSA) is 29.9 Å². The van der Waals surface area contributed by atoms with Gasteiger partial charge in [-0.3, -0.25) is 0 Å². The van der Waals surface area contributed by atoms with E-state index in [1.807, 2.05) is 10.8 Å². The molecular weight excluding hydrogens is 181 g/mol. The average Bonchev–Trinajstić information content (AvgIpc) is 2.67. The van der Waals surface area contributed by atoms with Crippen LogP contribution in [-0.2, 0) is 0 Å². The smallest absolute Gasteiger partial charge is 0.144 e. The van der Waals surface area contributed by atoms with Crippen LogP contribution in [-0.4, -0.2) is 16.6 Å². The van der Waals surface area contributed by atoms with Crippen molar-refractivity contribution in [1.82, 2.24) is 9.55 Å². The molecule has 0 radical (unpaired) electrons. The maximum absolute atomic E-state index is 12.6. The number of aromatic nitrogens is 2. The van der Waals surface area contributed by atoms with Crippen molar-refractivity contribution in [3.63, 3.8) is 0 Å². The molecule has 1 N–H and O–H groups in total. The third kappa shape index (κ3) is 1.59. The van der Waals surface area contributed by atoms with Gasteiger partial charge in [0.05, 0.1) is 6.20 Å². The molecule has 0 aliphatic heterocycles. The van der Waals surface area contributed by atoms with E-state index >= 15 is 0 Å². The normalized spacial score (nSPS) is 10.1. The molecular formula is C10H10FN3. The number of halogens is 1. The van der Waals surface area contributed by atoms with Crippen molar-refractivity contribution in [2.45, 2.75) is 0 Å². The summed E-state index contributed by atoms with van der Waals surface area (Å²) in [7, 11) is 1.80. The molecule has 4 heteroatoms. The van der Waals surface area contributed by atoms with Gasteiger partial charge in [0.25, 0.3) is 0 Å². The molecule has 0 fully saturated rings. The number of rotatable bonds is 2. The maximum Gasteiger partial charge on any atom is 0.144 e. The van der Waals surface area contributed by atoms with Gasteiger partial charge in [0.15, 0.2) is 0 Å². The number of hydrogen-bond donors (Lipinski definition) is 1. The van der Waals surface area contributed by atoms with E-state index in [0.29, 0.717) is 0 Å². The Morgan fingerprint density at radius 2 is 2.00 bits per heavy atom. The summed E-state index contributed by atoms with van der Waals surface area (Å²) in [6, 6.07) is 6.26. The highest BCUT2D eigenvalue weighted by atomic mass is 19.1. The summed E-state index contributed by atoms with van der Waals surface area (Å²) in [5, 5.41) is 2.92. The number of anilines is 1. The predicted molar refractivity (Wildman–Crippen MR) is 53.1 cm³/mol. The van der Waals surface area contributed by atoms with Crippen LogP contribution < -0.4 is 5.32 Å². The monoisotopic (exact) mass is 191 g/mol. The lowest BCUT2D eigenvalue weighted by Crippen LogP contribution is -1.90. The molecule has 0 saturated heterocycles. The molecule has 72 valence electrons. The average molecular weight is 191 g/mol. The maximum atomic E-state index is 12.6. The highest BCUT2D eigenvalue weighted by molar-refractivity contribution is 5.38. The summed E-state index contributed by atoms with van der Waals surface area (Å²) in [5.41, 5.74) is 0.889. The van der Waals surface area contributed by atoms with Crippen molar-refractivity contribution in [2.75, 3.05) is 12.4 Å². The van der Waals surface area contributed by atoms with Crippen molar-refractivity contribution < 1.29 is 4.39 Å². The Morgan fingerprint density at radius 3 is 2.57 bits per heavy atom. The number of benzene rings is 1. The fraction of sp³-hybridized carbons (Fsp3) is 0.100. The zero-order valence-corrected chi connectivity index (χ0v) is 7.74. The highest BCUT2D eigenvalue weighted by Gasteiger charge is 1.98. The van der Waals surface area contributed by atoms with Crippen molar-refractivity contribution in [2.24, 2.45) is 0 Å². The molecule has 0 spiro atoms. The molecule has 1 heterocycles. The Bertz CT molecular complexity index is 419. The standard InChI is InChI=1S/C10H10FN3/c1-12-10-6-14(7-13-10)9-4-2-8(11)3-5-9/h2-7,12H,1H3. The fourth-order valence-corrected chi connectivity index (χ4v) is 1.21. The Labute approximate surface area is 81.2 Å². The van der Waals surface area contributed by atoms with Gasteiger partial charge in [-0.1, -0.05) is 0 Å². The largest absolute Gasteiger partial charge is 0.372 e. The van der Waals surface area contributed by atoms with Crippen LogP contribution in [0.2, 0.25) is 0 Å². The van der Waals surface area contributed by atoms with Crippen LogP contribution in [0.5, 0.6) is 0 Å². The van der Waals surface area contributed by atoms with Gasteiger partial charge >= 0.3 is 0 Å². The molecule has 0 bridgehead atoms. The second-order valence-corrected chi connectivity index (χ2v) is 2.89. The quantitative estimate of drug-likeness (QED) is 0.787. The third-order valence-corrected chi connectivity index (χ3v) is 1.96. The van der Waals surface area contributed by atoms with Gasteiger partial charge in [-0.15, -0.1) is 0 Å². The van der Waals surface area contributed by atoms with Gasteiger partial charge in [0, 0.05) is 12.7 Å². The first-order valence-corrected chi connectivity index (χ1v) is 4.27. The second-order valence-electron chi connectivity index (χ2n) is 2.89. The SMILES string of the molecule is CNc1cn(-c2ccc(F)cc2)cn1. The molecule has 0 aliphatic rings. The summed E-state index contributed by atoms with van der Waals surface area (Å²) in [6.07, 6.45) is 3.52. The lowest BCUT2D eigenvalue weighted by atomic mass is 10.3. The van der Waals surface area contributed by atoms with Crippen LogP contribution >= 0.6 is 0 Å². The van der Waals surface area contributed by atoms with E-state index < -0.39 is 0 Å². The highest BCUT2D eigenvalue weighted by Crippen LogP contribution is 2.11. The molecule has 14 heavy (non-hydrogen) atoms. The predicted octanol–water partition coefficient (Wildman–Crippen LogP) is 2.05. The molecule has 1 aromatic carbocycles. The van der Waals surface area contributed by atoms with E-state index in [0.717, 1.165) is 11.5 Å². The van der Waals surface area contributed by atoms with Crippen molar-refractivity contribution in [3.05, 3.63) is 42.6 Å². The number of nitrogens with one attached hydrogen (secondary N) is 1. The van der Waals surface area contributed by atoms with Gasteiger partial charge in [-0.05, 0) is 24.3 Å². The molecule has 3 nitrogen and oxygen atoms in total. The molecule has 0 aliphatic carbocycles. The number of imidazole rings is 1. The summed E-state index contributed by atoms with van der Waals surface area (Å²) in [6.45, 7) is 0. The van der Waals surface area contributed by atoms with Crippen molar-refractivity contribution in [3.8, 4) is 5.69 Å². The van der Waals surface area contributed by atoms with Gasteiger partial charge < -0.3 is 9.88 Å². The summed E-state index contributed by atoms with van der Waals surface area (Å²) in [4.78, 5) is 4.09. The number of hydrogen-bond acceptors (Lipinski definition) is 2. The summed E-state index contributed by atoms with van der Waals surface area (Å²) < 4.78 is 14.5. The van der Waals surface area contributed by atoms with Gasteiger partial charge in [-0.25, -0.2) is 9.37 Å². The molecule has 2 aromatic rings. The molecule has 1 aromatic heterocycles. The minimum Gasteiger partial charge on any atom is -0.372 e. The Kier molecular flexibility index (Phi) is 2.18. The van der Waals surface area contributed by atoms with Crippen LogP contribution in [0.25, 0.3) is 5.69 Å². The van der Waals surface area contributed by atoms with Crippen molar-refractivity contribution >= 4 is 5.82 Å². The zero-order valence-electron chi connectivity index (χ0n) is 7.74. The van der Waals surface area contributed by atoms with E-state index in [1.165, 1.54) is 12.1 Å². The minimum atomic E-state index is -0.234. The lowest BCUT2D eigenvalue weighted by Gasteiger charge is -2.00. The van der Waals surface area contributed by atoms with Crippen LogP contribution in [0, 0.1) is 5.82 Å². The van der Waals surface area contributed by atoms with Crippen molar-refractivity contribution in [1.29, 1.82) is 0 Å². The summed E-state index contributed by atoms with van der Waals surface area (Å²) in [5.74, 6) is 0.553. The van der Waals surface area contributed by atoms with Crippen LogP contribution in [0.15, 0.2) is 36.8 Å². The van der Waals surface area contributed by atoms with Gasteiger partial charge in [0.1, 0.15) is 18.0 Å². The number of nitrogens with zero attached hydrogens (tertiary/aromatic N) is 2. The van der Waals surface area contributed by atoms with Crippen LogP contribution in [0.1, 0.15) is 0 Å². The van der Waals surface area contributed by atoms with E-state index in [9.17, 15) is 4.39 Å². The van der Waals surface area contributed by atoms with E-state index in [2.05, 4.69) is 10.3 Å². The van der Waals surface area contributed by atoms with Gasteiger partial charge in [0.2, 0.25) is 0 Å². The zero-order chi connectivity index (χ0) is 9.97. The first kappa shape index (κ1) is 8.74. The first-order valence-electron chi connectivity index (χ1n) is 4.27. The Morgan fingerprint density at radius 1 is 1.29 bits per heavy atom. The summed E-state index contributed by atoms with van der Waals surface area (Å²) >= 11 is 0. The molecule has 0 saturated carbocycles. The van der Waals surface area contributed by atoms with E-state index in [1.54, 1.807) is 25.5 Å². The lowest BCUT2D eigenvalue weighted by molar-refractivity contribution is 0.627. The second kappa shape index (κ2) is 3.49. The minimum absolute atomic E-state index is 0.234. The van der Waals surface area contributed by atoms with E-state index in [-0.39, 0.29) is 5.82 Å². The molecule has 0 amide bonds. The van der Waals surface area contributed by atoms with E-state index in [4.69, 9.17) is 0 Å². The molecule has 0 unspecified atom stereocenters. The Hall–Kier alpha value is -1.84. The first-order chi connectivity index (χ1) is 6.79. The molecule has 2 rings (SSSR count). The van der Waals surface area contributed by atoms with Crippen LogP contribution in [0.3, 0.4) is 0 Å². The van der Waals surface area contributed by atoms with Crippen LogP contribution in [0.4, 0.5) is 10.2 Å². The third-order valence-electron chi connectivity index (χ3n) is 1.96. The van der Waals surface area contributed by atoms with Gasteiger partial charge in [-0.2, -0.15) is 0 Å². The Balaban J connectivity index is 2.34. The fourth-order valence-electron chi connectivity index (χ4n) is 1.21.